The number of aromatic nitrogens is 4. The molecule has 0 fully saturated rings. The number of hydrogen-bond donors (Lipinski definition) is 3. The molecule has 2 aromatic rings. The van der Waals surface area contributed by atoms with E-state index in [9.17, 15) is 9.59 Å². The molecule has 0 unspecified atom stereocenters. The highest BCUT2D eigenvalue weighted by molar-refractivity contribution is 5.95. The maximum atomic E-state index is 12.1. The number of tetrazole rings is 1. The van der Waals surface area contributed by atoms with Gasteiger partial charge in [0.1, 0.15) is 11.4 Å². The number of carbonyl (C=O) groups is 2. The van der Waals surface area contributed by atoms with Crippen molar-refractivity contribution in [3.8, 4) is 11.4 Å². The fourth-order valence-electron chi connectivity index (χ4n) is 2.18. The molecule has 1 aromatic heterocycles. The molecule has 1 atom stereocenters. The zero-order valence-corrected chi connectivity index (χ0v) is 16.4. The number of ether oxygens (including phenoxy) is 1. The summed E-state index contributed by atoms with van der Waals surface area (Å²) in [5, 5.41) is 16.6. The maximum absolute atomic E-state index is 12.1. The van der Waals surface area contributed by atoms with Crippen molar-refractivity contribution >= 4 is 29.9 Å². The number of halogens is 1. The van der Waals surface area contributed by atoms with Crippen molar-refractivity contribution in [3.05, 3.63) is 24.0 Å². The summed E-state index contributed by atoms with van der Waals surface area (Å²) in [6.45, 7) is 5.25. The van der Waals surface area contributed by atoms with E-state index >= 15 is 0 Å². The molecule has 0 saturated heterocycles. The van der Waals surface area contributed by atoms with E-state index in [1.54, 1.807) is 25.1 Å². The van der Waals surface area contributed by atoms with Gasteiger partial charge in [-0.25, -0.2) is 0 Å². The fourth-order valence-corrected chi connectivity index (χ4v) is 2.18. The third-order valence-electron chi connectivity index (χ3n) is 3.76. The Balaban J connectivity index is 0.00000364. The van der Waals surface area contributed by atoms with E-state index in [4.69, 9.17) is 10.5 Å². The van der Waals surface area contributed by atoms with Crippen molar-refractivity contribution in [2.45, 2.75) is 26.8 Å². The topological polar surface area (TPSA) is 137 Å². The molecule has 0 radical (unpaired) electrons. The number of nitrogens with one attached hydrogen (secondary N) is 2. The molecular formula is C16H24ClN7O3. The molecule has 27 heavy (non-hydrogen) atoms. The molecule has 0 aliphatic rings. The molecule has 0 aliphatic heterocycles. The molecule has 0 saturated carbocycles. The van der Waals surface area contributed by atoms with Gasteiger partial charge in [0.15, 0.2) is 5.82 Å². The van der Waals surface area contributed by atoms with Gasteiger partial charge in [-0.3, -0.25) is 9.59 Å². The summed E-state index contributed by atoms with van der Waals surface area (Å²) in [7, 11) is 1.53. The van der Waals surface area contributed by atoms with E-state index in [0.29, 0.717) is 22.9 Å². The number of benzene rings is 1. The summed E-state index contributed by atoms with van der Waals surface area (Å²) >= 11 is 0. The summed E-state index contributed by atoms with van der Waals surface area (Å²) in [6.07, 6.45) is 0. The number of carbonyl (C=O) groups excluding carboxylic acids is 2. The van der Waals surface area contributed by atoms with Crippen LogP contribution in [0.2, 0.25) is 0 Å². The second-order valence-electron chi connectivity index (χ2n) is 6.06. The minimum Gasteiger partial charge on any atom is -0.494 e. The zero-order valence-electron chi connectivity index (χ0n) is 15.6. The normalized spacial score (nSPS) is 11.5. The van der Waals surface area contributed by atoms with E-state index in [-0.39, 0.29) is 36.7 Å². The van der Waals surface area contributed by atoms with E-state index in [1.165, 1.54) is 11.8 Å². The first-order chi connectivity index (χ1) is 12.3. The average Bonchev–Trinajstić information content (AvgIpc) is 3.04. The lowest BCUT2D eigenvalue weighted by Crippen LogP contribution is -2.46. The maximum Gasteiger partial charge on any atom is 0.243 e. The van der Waals surface area contributed by atoms with Crippen molar-refractivity contribution in [2.75, 3.05) is 19.0 Å². The monoisotopic (exact) mass is 397 g/mol. The highest BCUT2D eigenvalue weighted by Crippen LogP contribution is 2.26. The van der Waals surface area contributed by atoms with Crippen molar-refractivity contribution in [3.63, 3.8) is 0 Å². The summed E-state index contributed by atoms with van der Waals surface area (Å²) in [5.74, 6) is 0.367. The SMILES string of the molecule is COc1ccc(NC(=O)CNC(=O)[C@@H](N)C(C)C)cc1-n1nnnc1C.Cl. The molecule has 11 heteroatoms. The third-order valence-corrected chi connectivity index (χ3v) is 3.76. The lowest BCUT2D eigenvalue weighted by molar-refractivity contribution is -0.125. The number of rotatable bonds is 7. The van der Waals surface area contributed by atoms with Crippen LogP contribution in [-0.4, -0.2) is 51.7 Å². The Bertz CT molecular complexity index is 794. The molecule has 2 amide bonds. The summed E-state index contributed by atoms with van der Waals surface area (Å²) < 4.78 is 6.81. The van der Waals surface area contributed by atoms with Gasteiger partial charge in [0, 0.05) is 5.69 Å². The summed E-state index contributed by atoms with van der Waals surface area (Å²) in [4.78, 5) is 23.9. The van der Waals surface area contributed by atoms with Crippen molar-refractivity contribution in [2.24, 2.45) is 11.7 Å². The van der Waals surface area contributed by atoms with Crippen LogP contribution in [0.4, 0.5) is 5.69 Å². The van der Waals surface area contributed by atoms with E-state index in [2.05, 4.69) is 26.2 Å². The predicted molar refractivity (Wildman–Crippen MR) is 102 cm³/mol. The van der Waals surface area contributed by atoms with Crippen LogP contribution in [0.5, 0.6) is 5.75 Å². The minimum absolute atomic E-state index is 0. The lowest BCUT2D eigenvalue weighted by Gasteiger charge is -2.15. The molecule has 4 N–H and O–H groups in total. The molecular weight excluding hydrogens is 374 g/mol. The molecule has 1 aromatic carbocycles. The van der Waals surface area contributed by atoms with Crippen LogP contribution in [0.15, 0.2) is 18.2 Å². The molecule has 0 aliphatic carbocycles. The Morgan fingerprint density at radius 2 is 2.04 bits per heavy atom. The minimum atomic E-state index is -0.654. The van der Waals surface area contributed by atoms with Gasteiger partial charge in [-0.15, -0.1) is 17.5 Å². The van der Waals surface area contributed by atoms with Crippen LogP contribution in [0.1, 0.15) is 19.7 Å². The highest BCUT2D eigenvalue weighted by Gasteiger charge is 2.18. The third kappa shape index (κ3) is 5.63. The first-order valence-corrected chi connectivity index (χ1v) is 8.10. The van der Waals surface area contributed by atoms with Gasteiger partial charge >= 0.3 is 0 Å². The van der Waals surface area contributed by atoms with Crippen LogP contribution in [0.25, 0.3) is 5.69 Å². The molecule has 0 bridgehead atoms. The van der Waals surface area contributed by atoms with Crippen LogP contribution in [0.3, 0.4) is 0 Å². The van der Waals surface area contributed by atoms with Crippen molar-refractivity contribution < 1.29 is 14.3 Å². The number of anilines is 1. The number of nitrogens with two attached hydrogens (primary N) is 1. The van der Waals surface area contributed by atoms with Gasteiger partial charge < -0.3 is 21.1 Å². The molecule has 0 spiro atoms. The molecule has 1 heterocycles. The summed E-state index contributed by atoms with van der Waals surface area (Å²) in [5.41, 5.74) is 6.84. The fraction of sp³-hybridized carbons (Fsp3) is 0.438. The second kappa shape index (κ2) is 9.83. The largest absolute Gasteiger partial charge is 0.494 e. The quantitative estimate of drug-likeness (QED) is 0.616. The van der Waals surface area contributed by atoms with E-state index in [0.717, 1.165) is 0 Å². The van der Waals surface area contributed by atoms with Crippen molar-refractivity contribution in [1.82, 2.24) is 25.5 Å². The van der Waals surface area contributed by atoms with Gasteiger partial charge in [-0.2, -0.15) is 4.68 Å². The standard InChI is InChI=1S/C16H23N7O3.ClH/c1-9(2)15(17)16(25)18-8-14(24)19-11-5-6-13(26-4)12(7-11)23-10(3)20-21-22-23;/h5-7,9,15H,8,17H2,1-4H3,(H,18,25)(H,19,24);1H/t15-;/m0./s1. The number of aryl methyl sites for hydroxylation is 1. The van der Waals surface area contributed by atoms with Gasteiger partial charge in [0.25, 0.3) is 0 Å². The first kappa shape index (κ1) is 22.3. The predicted octanol–water partition coefficient (Wildman–Crippen LogP) is 0.439. The van der Waals surface area contributed by atoms with Crippen LogP contribution >= 0.6 is 12.4 Å². The van der Waals surface area contributed by atoms with Crippen molar-refractivity contribution in [1.29, 1.82) is 0 Å². The Morgan fingerprint density at radius 3 is 2.59 bits per heavy atom. The highest BCUT2D eigenvalue weighted by atomic mass is 35.5. The van der Waals surface area contributed by atoms with Crippen LogP contribution < -0.4 is 21.1 Å². The Hall–Kier alpha value is -2.72. The molecule has 10 nitrogen and oxygen atoms in total. The van der Waals surface area contributed by atoms with Crippen LogP contribution in [0, 0.1) is 12.8 Å². The second-order valence-corrected chi connectivity index (χ2v) is 6.06. The summed E-state index contributed by atoms with van der Waals surface area (Å²) in [6, 6.07) is 4.40. The van der Waals surface area contributed by atoms with E-state index < -0.39 is 6.04 Å². The lowest BCUT2D eigenvalue weighted by atomic mass is 10.1. The molecule has 2 rings (SSSR count). The van der Waals surface area contributed by atoms with Gasteiger partial charge in [-0.1, -0.05) is 13.8 Å². The van der Waals surface area contributed by atoms with E-state index in [1.807, 2.05) is 13.8 Å². The van der Waals surface area contributed by atoms with Crippen LogP contribution in [-0.2, 0) is 9.59 Å². The van der Waals surface area contributed by atoms with Gasteiger partial charge in [-0.05, 0) is 41.5 Å². The Kier molecular flexibility index (Phi) is 8.13. The average molecular weight is 398 g/mol. The number of methoxy groups -OCH3 is 1. The van der Waals surface area contributed by atoms with Gasteiger partial charge in [0.2, 0.25) is 11.8 Å². The number of amides is 2. The zero-order chi connectivity index (χ0) is 19.3. The molecule has 148 valence electrons. The number of hydrogen-bond acceptors (Lipinski definition) is 7. The first-order valence-electron chi connectivity index (χ1n) is 8.10. The Morgan fingerprint density at radius 1 is 1.33 bits per heavy atom. The smallest absolute Gasteiger partial charge is 0.243 e. The van der Waals surface area contributed by atoms with Gasteiger partial charge in [0.05, 0.1) is 19.7 Å². The Labute approximate surface area is 163 Å². The number of nitrogens with zero attached hydrogens (tertiary/aromatic N) is 4.